The highest BCUT2D eigenvalue weighted by Crippen LogP contribution is 2.02. The van der Waals surface area contributed by atoms with E-state index in [9.17, 15) is 5.11 Å². The zero-order chi connectivity index (χ0) is 10.4. The summed E-state index contributed by atoms with van der Waals surface area (Å²) in [6.45, 7) is 4.82. The van der Waals surface area contributed by atoms with Crippen molar-refractivity contribution in [1.82, 2.24) is 5.32 Å². The Hall–Kier alpha value is -0.570. The average molecular weight is 230 g/mol. The summed E-state index contributed by atoms with van der Waals surface area (Å²) in [4.78, 5) is 0. The number of nitrogens with one attached hydrogen (secondary N) is 1. The fraction of sp³-hybridized carbons (Fsp3) is 0.500. The number of aliphatic hydroxyl groups excluding tert-OH is 1. The van der Waals surface area contributed by atoms with Crippen LogP contribution in [0.25, 0.3) is 0 Å². The molecule has 0 radical (unpaired) electrons. The van der Waals surface area contributed by atoms with Gasteiger partial charge >= 0.3 is 0 Å². The lowest BCUT2D eigenvalue weighted by Gasteiger charge is -2.13. The maximum atomic E-state index is 9.69. The quantitative estimate of drug-likeness (QED) is 0.810. The smallest absolute Gasteiger partial charge is 0.0704 e. The number of hydrogen-bond donors (Lipinski definition) is 2. The van der Waals surface area contributed by atoms with Crippen molar-refractivity contribution in [2.24, 2.45) is 0 Å². The highest BCUT2D eigenvalue weighted by atomic mass is 35.5. The standard InChI is InChI=1S/C12H19NO.ClH/c1-10(2)13-9-12(14)8-11-6-4-3-5-7-11;/h3-7,10,12-14H,8-9H2,1-2H3;1H. The lowest BCUT2D eigenvalue weighted by Crippen LogP contribution is -2.32. The van der Waals surface area contributed by atoms with Crippen molar-refractivity contribution < 1.29 is 5.11 Å². The minimum absolute atomic E-state index is 0. The summed E-state index contributed by atoms with van der Waals surface area (Å²) in [5.41, 5.74) is 1.19. The highest BCUT2D eigenvalue weighted by Gasteiger charge is 2.05. The topological polar surface area (TPSA) is 32.3 Å². The third-order valence-electron chi connectivity index (χ3n) is 2.08. The monoisotopic (exact) mass is 229 g/mol. The summed E-state index contributed by atoms with van der Waals surface area (Å²) in [6.07, 6.45) is 0.431. The number of halogens is 1. The van der Waals surface area contributed by atoms with E-state index >= 15 is 0 Å². The van der Waals surface area contributed by atoms with E-state index in [2.05, 4.69) is 19.2 Å². The normalized spacial score (nSPS) is 12.3. The van der Waals surface area contributed by atoms with Crippen molar-refractivity contribution in [3.05, 3.63) is 35.9 Å². The van der Waals surface area contributed by atoms with Gasteiger partial charge in [0.05, 0.1) is 6.10 Å². The van der Waals surface area contributed by atoms with E-state index in [1.807, 2.05) is 30.3 Å². The number of aliphatic hydroxyl groups is 1. The van der Waals surface area contributed by atoms with Crippen molar-refractivity contribution in [3.63, 3.8) is 0 Å². The van der Waals surface area contributed by atoms with Gasteiger partial charge in [-0.05, 0) is 12.0 Å². The second kappa shape index (κ2) is 7.69. The molecular weight excluding hydrogens is 210 g/mol. The first-order chi connectivity index (χ1) is 6.68. The Balaban J connectivity index is 0.00000196. The summed E-state index contributed by atoms with van der Waals surface area (Å²) < 4.78 is 0. The molecule has 0 saturated carbocycles. The van der Waals surface area contributed by atoms with Crippen molar-refractivity contribution >= 4 is 12.4 Å². The van der Waals surface area contributed by atoms with E-state index < -0.39 is 0 Å². The van der Waals surface area contributed by atoms with Gasteiger partial charge in [-0.15, -0.1) is 12.4 Å². The van der Waals surface area contributed by atoms with Gasteiger partial charge in [-0.25, -0.2) is 0 Å². The SMILES string of the molecule is CC(C)NCC(O)Cc1ccccc1.Cl. The number of benzene rings is 1. The molecule has 1 rings (SSSR count). The summed E-state index contributed by atoms with van der Waals surface area (Å²) in [7, 11) is 0. The molecule has 0 fully saturated rings. The molecule has 0 amide bonds. The molecule has 0 aliphatic carbocycles. The maximum absolute atomic E-state index is 9.69. The van der Waals surface area contributed by atoms with E-state index in [0.29, 0.717) is 12.6 Å². The molecule has 86 valence electrons. The minimum atomic E-state index is -0.292. The summed E-state index contributed by atoms with van der Waals surface area (Å²) >= 11 is 0. The predicted molar refractivity (Wildman–Crippen MR) is 66.5 cm³/mol. The van der Waals surface area contributed by atoms with E-state index in [-0.39, 0.29) is 18.5 Å². The molecule has 1 aromatic rings. The second-order valence-electron chi connectivity index (χ2n) is 3.91. The molecule has 2 nitrogen and oxygen atoms in total. The third-order valence-corrected chi connectivity index (χ3v) is 2.08. The van der Waals surface area contributed by atoms with Gasteiger partial charge in [0.2, 0.25) is 0 Å². The van der Waals surface area contributed by atoms with Crippen molar-refractivity contribution in [2.75, 3.05) is 6.54 Å². The minimum Gasteiger partial charge on any atom is -0.391 e. The Kier molecular flexibility index (Phi) is 7.39. The molecule has 0 aliphatic heterocycles. The van der Waals surface area contributed by atoms with Crippen LogP contribution < -0.4 is 5.32 Å². The van der Waals surface area contributed by atoms with Crippen LogP contribution >= 0.6 is 12.4 Å². The van der Waals surface area contributed by atoms with E-state index in [1.54, 1.807) is 0 Å². The van der Waals surface area contributed by atoms with Crippen LogP contribution in [-0.2, 0) is 6.42 Å². The first kappa shape index (κ1) is 14.4. The molecule has 0 spiro atoms. The van der Waals surface area contributed by atoms with Crippen LogP contribution in [0, 0.1) is 0 Å². The van der Waals surface area contributed by atoms with Gasteiger partial charge in [-0.2, -0.15) is 0 Å². The molecule has 0 aromatic heterocycles. The van der Waals surface area contributed by atoms with Crippen LogP contribution in [0.15, 0.2) is 30.3 Å². The van der Waals surface area contributed by atoms with Gasteiger partial charge in [0, 0.05) is 12.6 Å². The van der Waals surface area contributed by atoms with Gasteiger partial charge in [0.1, 0.15) is 0 Å². The zero-order valence-corrected chi connectivity index (χ0v) is 10.1. The van der Waals surface area contributed by atoms with Crippen LogP contribution in [0.3, 0.4) is 0 Å². The van der Waals surface area contributed by atoms with Crippen molar-refractivity contribution in [2.45, 2.75) is 32.4 Å². The molecule has 0 aliphatic rings. The van der Waals surface area contributed by atoms with Crippen LogP contribution in [-0.4, -0.2) is 23.8 Å². The van der Waals surface area contributed by atoms with Crippen LogP contribution in [0.2, 0.25) is 0 Å². The lowest BCUT2D eigenvalue weighted by molar-refractivity contribution is 0.169. The Morgan fingerprint density at radius 2 is 1.80 bits per heavy atom. The molecule has 3 heteroatoms. The van der Waals surface area contributed by atoms with E-state index in [1.165, 1.54) is 5.56 Å². The average Bonchev–Trinajstić information content (AvgIpc) is 2.16. The Bertz CT molecular complexity index is 251. The Morgan fingerprint density at radius 3 is 2.33 bits per heavy atom. The second-order valence-corrected chi connectivity index (χ2v) is 3.91. The summed E-state index contributed by atoms with van der Waals surface area (Å²) in [6, 6.07) is 10.5. The molecule has 2 N–H and O–H groups in total. The first-order valence-corrected chi connectivity index (χ1v) is 5.14. The highest BCUT2D eigenvalue weighted by molar-refractivity contribution is 5.85. The third kappa shape index (κ3) is 6.50. The maximum Gasteiger partial charge on any atom is 0.0704 e. The molecule has 15 heavy (non-hydrogen) atoms. The first-order valence-electron chi connectivity index (χ1n) is 5.14. The lowest BCUT2D eigenvalue weighted by atomic mass is 10.1. The van der Waals surface area contributed by atoms with E-state index in [4.69, 9.17) is 0 Å². The Morgan fingerprint density at radius 1 is 1.20 bits per heavy atom. The van der Waals surface area contributed by atoms with Crippen molar-refractivity contribution in [1.29, 1.82) is 0 Å². The molecule has 0 heterocycles. The number of hydrogen-bond acceptors (Lipinski definition) is 2. The van der Waals surface area contributed by atoms with Gasteiger partial charge < -0.3 is 10.4 Å². The molecule has 1 unspecified atom stereocenters. The van der Waals surface area contributed by atoms with Gasteiger partial charge in [0.25, 0.3) is 0 Å². The van der Waals surface area contributed by atoms with Crippen LogP contribution in [0.5, 0.6) is 0 Å². The van der Waals surface area contributed by atoms with Crippen LogP contribution in [0.4, 0.5) is 0 Å². The largest absolute Gasteiger partial charge is 0.391 e. The number of rotatable bonds is 5. The molecule has 0 bridgehead atoms. The van der Waals surface area contributed by atoms with Crippen molar-refractivity contribution in [3.8, 4) is 0 Å². The molecule has 1 aromatic carbocycles. The molecule has 0 saturated heterocycles. The predicted octanol–water partition coefficient (Wildman–Crippen LogP) is 2.01. The fourth-order valence-corrected chi connectivity index (χ4v) is 1.33. The summed E-state index contributed by atoms with van der Waals surface area (Å²) in [5, 5.41) is 12.9. The molecular formula is C12H20ClNO. The van der Waals surface area contributed by atoms with Crippen LogP contribution in [0.1, 0.15) is 19.4 Å². The summed E-state index contributed by atoms with van der Waals surface area (Å²) in [5.74, 6) is 0. The molecule has 1 atom stereocenters. The van der Waals surface area contributed by atoms with Gasteiger partial charge in [-0.1, -0.05) is 44.2 Å². The zero-order valence-electron chi connectivity index (χ0n) is 9.31. The van der Waals surface area contributed by atoms with Gasteiger partial charge in [-0.3, -0.25) is 0 Å². The Labute approximate surface area is 98.1 Å². The van der Waals surface area contributed by atoms with Gasteiger partial charge in [0.15, 0.2) is 0 Å². The van der Waals surface area contributed by atoms with E-state index in [0.717, 1.165) is 6.42 Å². The fourth-order valence-electron chi connectivity index (χ4n) is 1.33.